The molecular formula is C4H10O4. The quantitative estimate of drug-likeness (QED) is 0.309. The van der Waals surface area contributed by atoms with Gasteiger partial charge in [0.05, 0.1) is 14.2 Å². The van der Waals surface area contributed by atoms with Crippen molar-refractivity contribution in [2.24, 2.45) is 0 Å². The predicted molar refractivity (Wildman–Crippen MR) is 25.6 cm³/mol. The van der Waals surface area contributed by atoms with Gasteiger partial charge in [-0.2, -0.15) is 0 Å². The molecule has 0 aromatic rings. The van der Waals surface area contributed by atoms with Gasteiger partial charge >= 0.3 is 0 Å². The van der Waals surface area contributed by atoms with Gasteiger partial charge in [-0.05, 0) is 6.92 Å². The van der Waals surface area contributed by atoms with E-state index in [1.54, 1.807) is 6.92 Å². The van der Waals surface area contributed by atoms with Gasteiger partial charge in [0.25, 0.3) is 0 Å². The van der Waals surface area contributed by atoms with E-state index in [4.69, 9.17) is 0 Å². The summed E-state index contributed by atoms with van der Waals surface area (Å²) >= 11 is 0. The van der Waals surface area contributed by atoms with E-state index in [2.05, 4.69) is 19.6 Å². The summed E-state index contributed by atoms with van der Waals surface area (Å²) in [6.07, 6.45) is -0.481. The highest BCUT2D eigenvalue weighted by molar-refractivity contribution is 4.12. The summed E-state index contributed by atoms with van der Waals surface area (Å²) in [4.78, 5) is 17.4. The van der Waals surface area contributed by atoms with Crippen LogP contribution in [0.25, 0.3) is 0 Å². The van der Waals surface area contributed by atoms with E-state index in [9.17, 15) is 0 Å². The molecule has 0 saturated carbocycles. The van der Waals surface area contributed by atoms with Crippen molar-refractivity contribution in [2.75, 3.05) is 14.2 Å². The Labute approximate surface area is 48.1 Å². The van der Waals surface area contributed by atoms with Gasteiger partial charge in [0.2, 0.25) is 6.29 Å². The summed E-state index contributed by atoms with van der Waals surface area (Å²) in [5.41, 5.74) is 0. The van der Waals surface area contributed by atoms with Crippen molar-refractivity contribution in [3.8, 4) is 0 Å². The van der Waals surface area contributed by atoms with E-state index < -0.39 is 6.29 Å². The molecule has 0 rings (SSSR count). The molecule has 0 amide bonds. The average molecular weight is 122 g/mol. The van der Waals surface area contributed by atoms with Crippen LogP contribution in [0.1, 0.15) is 6.92 Å². The maximum atomic E-state index is 4.44. The van der Waals surface area contributed by atoms with Crippen LogP contribution in [-0.4, -0.2) is 20.5 Å². The number of hydrogen-bond donors (Lipinski definition) is 0. The maximum Gasteiger partial charge on any atom is 0.221 e. The summed E-state index contributed by atoms with van der Waals surface area (Å²) in [5, 5.41) is 0. The van der Waals surface area contributed by atoms with Crippen molar-refractivity contribution in [3.05, 3.63) is 0 Å². The van der Waals surface area contributed by atoms with Gasteiger partial charge in [-0.15, -0.1) is 0 Å². The second-order valence-electron chi connectivity index (χ2n) is 1.09. The molecule has 0 saturated heterocycles. The molecule has 0 aliphatic rings. The first kappa shape index (κ1) is 7.84. The summed E-state index contributed by atoms with van der Waals surface area (Å²) in [6, 6.07) is 0. The standard InChI is InChI=1S/C4H10O4/c1-4(7-5-2)8-6-3/h4H,1-3H3. The lowest BCUT2D eigenvalue weighted by Crippen LogP contribution is -2.10. The van der Waals surface area contributed by atoms with E-state index >= 15 is 0 Å². The summed E-state index contributed by atoms with van der Waals surface area (Å²) in [7, 11) is 2.80. The fourth-order valence-electron chi connectivity index (χ4n) is 0.287. The van der Waals surface area contributed by atoms with Crippen LogP contribution in [0, 0.1) is 0 Å². The molecular weight excluding hydrogens is 112 g/mol. The molecule has 4 heteroatoms. The van der Waals surface area contributed by atoms with E-state index in [-0.39, 0.29) is 0 Å². The molecule has 50 valence electrons. The molecule has 0 aliphatic carbocycles. The lowest BCUT2D eigenvalue weighted by molar-refractivity contribution is -0.442. The molecule has 0 radical (unpaired) electrons. The molecule has 0 aromatic carbocycles. The molecule has 0 fully saturated rings. The Hall–Kier alpha value is -0.160. The van der Waals surface area contributed by atoms with Crippen LogP contribution in [0.2, 0.25) is 0 Å². The fraction of sp³-hybridized carbons (Fsp3) is 1.00. The van der Waals surface area contributed by atoms with Gasteiger partial charge in [0, 0.05) is 0 Å². The van der Waals surface area contributed by atoms with Gasteiger partial charge in [-0.1, -0.05) is 0 Å². The third-order valence-corrected chi connectivity index (χ3v) is 0.463. The Balaban J connectivity index is 2.92. The molecule has 0 aromatic heterocycles. The fourth-order valence-corrected chi connectivity index (χ4v) is 0.287. The monoisotopic (exact) mass is 122 g/mol. The molecule has 8 heavy (non-hydrogen) atoms. The van der Waals surface area contributed by atoms with Crippen molar-refractivity contribution in [3.63, 3.8) is 0 Å². The molecule has 0 aliphatic heterocycles. The highest BCUT2D eigenvalue weighted by Crippen LogP contribution is 1.91. The first-order valence-corrected chi connectivity index (χ1v) is 2.20. The van der Waals surface area contributed by atoms with Crippen LogP contribution in [0.15, 0.2) is 0 Å². The van der Waals surface area contributed by atoms with Crippen LogP contribution in [0.3, 0.4) is 0 Å². The van der Waals surface area contributed by atoms with Gasteiger partial charge in [-0.25, -0.2) is 19.6 Å². The first-order chi connectivity index (χ1) is 3.81. The minimum atomic E-state index is -0.481. The van der Waals surface area contributed by atoms with E-state index in [1.165, 1.54) is 14.2 Å². The van der Waals surface area contributed by atoms with Crippen LogP contribution in [0.5, 0.6) is 0 Å². The Bertz CT molecular complexity index is 41.3. The SMILES string of the molecule is COOC(C)OOC. The van der Waals surface area contributed by atoms with Crippen molar-refractivity contribution in [2.45, 2.75) is 13.2 Å². The second kappa shape index (κ2) is 4.99. The summed E-state index contributed by atoms with van der Waals surface area (Å²) in [5.74, 6) is 0. The molecule has 0 N–H and O–H groups in total. The highest BCUT2D eigenvalue weighted by atomic mass is 17.3. The normalized spacial score (nSPS) is 10.5. The van der Waals surface area contributed by atoms with Crippen LogP contribution >= 0.6 is 0 Å². The van der Waals surface area contributed by atoms with Crippen molar-refractivity contribution in [1.29, 1.82) is 0 Å². The topological polar surface area (TPSA) is 36.9 Å². The minimum absolute atomic E-state index is 0.481. The third-order valence-electron chi connectivity index (χ3n) is 0.463. The zero-order valence-electron chi connectivity index (χ0n) is 5.21. The van der Waals surface area contributed by atoms with Crippen LogP contribution in [-0.2, 0) is 19.6 Å². The summed E-state index contributed by atoms with van der Waals surface area (Å²) in [6.45, 7) is 1.65. The molecule has 4 nitrogen and oxygen atoms in total. The van der Waals surface area contributed by atoms with Crippen molar-refractivity contribution < 1.29 is 19.6 Å². The number of hydrogen-bond acceptors (Lipinski definition) is 4. The predicted octanol–water partition coefficient (Wildman–Crippen LogP) is 0.488. The van der Waals surface area contributed by atoms with Crippen molar-refractivity contribution >= 4 is 0 Å². The zero-order valence-corrected chi connectivity index (χ0v) is 5.21. The maximum absolute atomic E-state index is 4.44. The molecule has 0 unspecified atom stereocenters. The third kappa shape index (κ3) is 4.01. The van der Waals surface area contributed by atoms with E-state index in [0.29, 0.717) is 0 Å². The average Bonchev–Trinajstić information content (AvgIpc) is 1.68. The molecule has 0 heterocycles. The first-order valence-electron chi connectivity index (χ1n) is 2.20. The Kier molecular flexibility index (Phi) is 4.89. The largest absolute Gasteiger partial charge is 0.237 e. The van der Waals surface area contributed by atoms with Gasteiger partial charge in [-0.3, -0.25) is 0 Å². The lowest BCUT2D eigenvalue weighted by Gasteiger charge is -2.06. The van der Waals surface area contributed by atoms with E-state index in [1.807, 2.05) is 0 Å². The Morgan fingerprint density at radius 1 is 1.00 bits per heavy atom. The van der Waals surface area contributed by atoms with Crippen LogP contribution < -0.4 is 0 Å². The molecule has 0 atom stereocenters. The van der Waals surface area contributed by atoms with Crippen molar-refractivity contribution in [1.82, 2.24) is 0 Å². The number of rotatable bonds is 4. The zero-order chi connectivity index (χ0) is 6.41. The van der Waals surface area contributed by atoms with Gasteiger partial charge in [0.15, 0.2) is 0 Å². The van der Waals surface area contributed by atoms with E-state index in [0.717, 1.165) is 0 Å². The Morgan fingerprint density at radius 3 is 1.62 bits per heavy atom. The smallest absolute Gasteiger partial charge is 0.221 e. The molecule has 0 spiro atoms. The molecule has 0 bridgehead atoms. The highest BCUT2D eigenvalue weighted by Gasteiger charge is 1.98. The second-order valence-corrected chi connectivity index (χ2v) is 1.09. The minimum Gasteiger partial charge on any atom is -0.237 e. The lowest BCUT2D eigenvalue weighted by atomic mass is 10.8. The Morgan fingerprint density at radius 2 is 1.38 bits per heavy atom. The van der Waals surface area contributed by atoms with Crippen LogP contribution in [0.4, 0.5) is 0 Å². The van der Waals surface area contributed by atoms with Gasteiger partial charge < -0.3 is 0 Å². The summed E-state index contributed by atoms with van der Waals surface area (Å²) < 4.78 is 0. The van der Waals surface area contributed by atoms with Gasteiger partial charge in [0.1, 0.15) is 0 Å².